The molecule has 1 heterocycles. The lowest BCUT2D eigenvalue weighted by Gasteiger charge is -2.18. The van der Waals surface area contributed by atoms with E-state index in [1.807, 2.05) is 24.4 Å². The molecular formula is C16H18BrFN2. The van der Waals surface area contributed by atoms with E-state index in [1.54, 1.807) is 12.3 Å². The van der Waals surface area contributed by atoms with Crippen molar-refractivity contribution in [2.24, 2.45) is 0 Å². The number of hydrogen-bond donors (Lipinski definition) is 1. The molecule has 0 aliphatic heterocycles. The lowest BCUT2D eigenvalue weighted by atomic mass is 9.92. The van der Waals surface area contributed by atoms with E-state index in [9.17, 15) is 4.39 Å². The van der Waals surface area contributed by atoms with Crippen LogP contribution in [-0.4, -0.2) is 18.1 Å². The standard InChI is InChI=1S/C16H18BrFN2/c1-2-19-10-13(15-5-3-4-6-16(15)18)7-12-8-14(17)11-20-9-12/h3-6,8-9,11,13,19H,2,7,10H2,1H3. The van der Waals surface area contributed by atoms with Gasteiger partial charge in [0.1, 0.15) is 5.82 Å². The van der Waals surface area contributed by atoms with Crippen LogP contribution in [-0.2, 0) is 6.42 Å². The van der Waals surface area contributed by atoms with Gasteiger partial charge >= 0.3 is 0 Å². The van der Waals surface area contributed by atoms with Gasteiger partial charge in [-0.25, -0.2) is 4.39 Å². The maximum Gasteiger partial charge on any atom is 0.126 e. The van der Waals surface area contributed by atoms with E-state index in [4.69, 9.17) is 0 Å². The van der Waals surface area contributed by atoms with Gasteiger partial charge in [0.05, 0.1) is 0 Å². The Morgan fingerprint density at radius 2 is 2.10 bits per heavy atom. The fourth-order valence-corrected chi connectivity index (χ4v) is 2.68. The number of pyridine rings is 1. The molecule has 1 atom stereocenters. The fourth-order valence-electron chi connectivity index (χ4n) is 2.27. The minimum absolute atomic E-state index is 0.104. The van der Waals surface area contributed by atoms with Gasteiger partial charge in [0.2, 0.25) is 0 Å². The van der Waals surface area contributed by atoms with E-state index in [0.29, 0.717) is 0 Å². The number of aromatic nitrogens is 1. The van der Waals surface area contributed by atoms with Crippen molar-refractivity contribution >= 4 is 15.9 Å². The van der Waals surface area contributed by atoms with E-state index in [-0.39, 0.29) is 11.7 Å². The van der Waals surface area contributed by atoms with Gasteiger partial charge in [-0.1, -0.05) is 25.1 Å². The molecule has 0 saturated carbocycles. The van der Waals surface area contributed by atoms with Crippen LogP contribution >= 0.6 is 15.9 Å². The number of rotatable bonds is 6. The SMILES string of the molecule is CCNCC(Cc1cncc(Br)c1)c1ccccc1F. The van der Waals surface area contributed by atoms with Gasteiger partial charge < -0.3 is 5.32 Å². The number of nitrogens with one attached hydrogen (secondary N) is 1. The molecule has 0 fully saturated rings. The maximum atomic E-state index is 14.0. The summed E-state index contributed by atoms with van der Waals surface area (Å²) in [6.45, 7) is 3.69. The highest BCUT2D eigenvalue weighted by atomic mass is 79.9. The third kappa shape index (κ3) is 4.12. The summed E-state index contributed by atoms with van der Waals surface area (Å²) >= 11 is 3.42. The first kappa shape index (κ1) is 15.1. The molecule has 2 aromatic rings. The Balaban J connectivity index is 2.22. The number of benzene rings is 1. The van der Waals surface area contributed by atoms with Gasteiger partial charge in [0.15, 0.2) is 0 Å². The summed E-state index contributed by atoms with van der Waals surface area (Å²) < 4.78 is 14.9. The molecule has 0 spiro atoms. The quantitative estimate of drug-likeness (QED) is 0.864. The average Bonchev–Trinajstić information content (AvgIpc) is 2.44. The summed E-state index contributed by atoms with van der Waals surface area (Å²) in [6, 6.07) is 9.03. The van der Waals surface area contributed by atoms with Crippen molar-refractivity contribution in [3.8, 4) is 0 Å². The van der Waals surface area contributed by atoms with Gasteiger partial charge in [0.25, 0.3) is 0 Å². The Morgan fingerprint density at radius 3 is 2.80 bits per heavy atom. The third-order valence-corrected chi connectivity index (χ3v) is 3.66. The van der Waals surface area contributed by atoms with E-state index < -0.39 is 0 Å². The van der Waals surface area contributed by atoms with E-state index in [0.717, 1.165) is 35.1 Å². The molecule has 1 N–H and O–H groups in total. The molecule has 2 rings (SSSR count). The van der Waals surface area contributed by atoms with Crippen molar-refractivity contribution in [1.82, 2.24) is 10.3 Å². The van der Waals surface area contributed by atoms with Gasteiger partial charge in [0, 0.05) is 29.3 Å². The Kier molecular flexibility index (Phi) is 5.68. The van der Waals surface area contributed by atoms with Crippen LogP contribution in [0.25, 0.3) is 0 Å². The summed E-state index contributed by atoms with van der Waals surface area (Å²) in [4.78, 5) is 4.17. The lowest BCUT2D eigenvalue weighted by molar-refractivity contribution is 0.544. The highest BCUT2D eigenvalue weighted by molar-refractivity contribution is 9.10. The second kappa shape index (κ2) is 7.50. The summed E-state index contributed by atoms with van der Waals surface area (Å²) in [5.74, 6) is -0.0365. The Hall–Kier alpha value is -1.26. The molecule has 0 radical (unpaired) electrons. The highest BCUT2D eigenvalue weighted by Gasteiger charge is 2.16. The molecule has 0 amide bonds. The summed E-state index contributed by atoms with van der Waals surface area (Å²) in [6.07, 6.45) is 4.36. The van der Waals surface area contributed by atoms with Crippen LogP contribution in [0.4, 0.5) is 4.39 Å². The second-order valence-electron chi connectivity index (χ2n) is 4.74. The molecule has 0 aliphatic rings. The molecule has 0 saturated heterocycles. The molecular weight excluding hydrogens is 319 g/mol. The van der Waals surface area contributed by atoms with Crippen LogP contribution in [0.2, 0.25) is 0 Å². The molecule has 0 bridgehead atoms. The zero-order valence-corrected chi connectivity index (χ0v) is 13.0. The predicted molar refractivity (Wildman–Crippen MR) is 83.3 cm³/mol. The maximum absolute atomic E-state index is 14.0. The lowest BCUT2D eigenvalue weighted by Crippen LogP contribution is -2.23. The Morgan fingerprint density at radius 1 is 1.30 bits per heavy atom. The van der Waals surface area contributed by atoms with Gasteiger partial charge in [-0.15, -0.1) is 0 Å². The van der Waals surface area contributed by atoms with Gasteiger partial charge in [-0.3, -0.25) is 4.98 Å². The zero-order chi connectivity index (χ0) is 14.4. The van der Waals surface area contributed by atoms with Crippen LogP contribution in [0.5, 0.6) is 0 Å². The third-order valence-electron chi connectivity index (χ3n) is 3.23. The van der Waals surface area contributed by atoms with Crippen molar-refractivity contribution in [2.75, 3.05) is 13.1 Å². The molecule has 4 heteroatoms. The zero-order valence-electron chi connectivity index (χ0n) is 11.4. The molecule has 1 aromatic carbocycles. The van der Waals surface area contributed by atoms with Crippen LogP contribution < -0.4 is 5.32 Å². The molecule has 0 aliphatic carbocycles. The Labute approximate surface area is 127 Å². The number of nitrogens with zero attached hydrogens (tertiary/aromatic N) is 1. The number of halogens is 2. The Bertz CT molecular complexity index is 560. The van der Waals surface area contributed by atoms with Crippen molar-refractivity contribution in [2.45, 2.75) is 19.3 Å². The van der Waals surface area contributed by atoms with Crippen molar-refractivity contribution in [3.63, 3.8) is 0 Å². The summed E-state index contributed by atoms with van der Waals surface area (Å²) in [5, 5.41) is 3.31. The largest absolute Gasteiger partial charge is 0.316 e. The number of likely N-dealkylation sites (N-methyl/N-ethyl adjacent to an activating group) is 1. The first-order valence-corrected chi connectivity index (χ1v) is 7.54. The molecule has 20 heavy (non-hydrogen) atoms. The van der Waals surface area contributed by atoms with E-state index in [2.05, 4.69) is 33.2 Å². The molecule has 1 unspecified atom stereocenters. The van der Waals surface area contributed by atoms with Crippen molar-refractivity contribution < 1.29 is 4.39 Å². The molecule has 106 valence electrons. The minimum atomic E-state index is -0.140. The van der Waals surface area contributed by atoms with Crippen LogP contribution in [0, 0.1) is 5.82 Å². The molecule has 2 nitrogen and oxygen atoms in total. The van der Waals surface area contributed by atoms with E-state index in [1.165, 1.54) is 6.07 Å². The van der Waals surface area contributed by atoms with Gasteiger partial charge in [-0.05, 0) is 52.2 Å². The first-order chi connectivity index (χ1) is 9.70. The fraction of sp³-hybridized carbons (Fsp3) is 0.312. The number of hydrogen-bond acceptors (Lipinski definition) is 2. The predicted octanol–water partition coefficient (Wildman–Crippen LogP) is 3.92. The first-order valence-electron chi connectivity index (χ1n) is 6.75. The van der Waals surface area contributed by atoms with E-state index >= 15 is 0 Å². The summed E-state index contributed by atoms with van der Waals surface area (Å²) in [7, 11) is 0. The second-order valence-corrected chi connectivity index (χ2v) is 5.66. The normalized spacial score (nSPS) is 12.3. The van der Waals surface area contributed by atoms with Crippen molar-refractivity contribution in [1.29, 1.82) is 0 Å². The monoisotopic (exact) mass is 336 g/mol. The highest BCUT2D eigenvalue weighted by Crippen LogP contribution is 2.24. The minimum Gasteiger partial charge on any atom is -0.316 e. The molecule has 1 aromatic heterocycles. The van der Waals surface area contributed by atoms with Crippen LogP contribution in [0.3, 0.4) is 0 Å². The van der Waals surface area contributed by atoms with Crippen molar-refractivity contribution in [3.05, 3.63) is 64.1 Å². The van der Waals surface area contributed by atoms with Crippen LogP contribution in [0.1, 0.15) is 24.0 Å². The summed E-state index contributed by atoms with van der Waals surface area (Å²) in [5.41, 5.74) is 1.86. The van der Waals surface area contributed by atoms with Gasteiger partial charge in [-0.2, -0.15) is 0 Å². The smallest absolute Gasteiger partial charge is 0.126 e. The topological polar surface area (TPSA) is 24.9 Å². The van der Waals surface area contributed by atoms with Crippen LogP contribution in [0.15, 0.2) is 47.2 Å². The average molecular weight is 337 g/mol.